The number of hydrogen-bond acceptors (Lipinski definition) is 5. The van der Waals surface area contributed by atoms with E-state index in [0.717, 1.165) is 26.2 Å². The summed E-state index contributed by atoms with van der Waals surface area (Å²) in [7, 11) is 0. The number of aromatic amines is 1. The van der Waals surface area contributed by atoms with E-state index >= 15 is 0 Å². The van der Waals surface area contributed by atoms with Gasteiger partial charge in [-0.1, -0.05) is 0 Å². The SMILES string of the molecule is CC(C)(C#N)N1CCN(c2cc(=O)[nH]cn2)CC1. The Morgan fingerprint density at radius 3 is 2.61 bits per heavy atom. The number of anilines is 1. The Morgan fingerprint density at radius 1 is 1.39 bits per heavy atom. The first kappa shape index (κ1) is 12.6. The van der Waals surface area contributed by atoms with Gasteiger partial charge >= 0.3 is 0 Å². The molecule has 0 bridgehead atoms. The highest BCUT2D eigenvalue weighted by Crippen LogP contribution is 2.18. The van der Waals surface area contributed by atoms with E-state index in [1.54, 1.807) is 0 Å². The molecule has 0 aromatic carbocycles. The number of rotatable bonds is 2. The van der Waals surface area contributed by atoms with Gasteiger partial charge in [0.25, 0.3) is 5.56 Å². The minimum Gasteiger partial charge on any atom is -0.354 e. The average Bonchev–Trinajstić information content (AvgIpc) is 2.39. The van der Waals surface area contributed by atoms with Crippen molar-refractivity contribution < 1.29 is 0 Å². The Balaban J connectivity index is 2.04. The molecule has 0 unspecified atom stereocenters. The standard InChI is InChI=1S/C12H17N5O/c1-12(2,8-13)17-5-3-16(4-6-17)10-7-11(18)15-9-14-10/h7,9H,3-6H2,1-2H3,(H,14,15,18). The fourth-order valence-corrected chi connectivity index (χ4v) is 2.10. The first-order valence-corrected chi connectivity index (χ1v) is 5.99. The molecular weight excluding hydrogens is 230 g/mol. The van der Waals surface area contributed by atoms with Crippen molar-refractivity contribution in [3.63, 3.8) is 0 Å². The summed E-state index contributed by atoms with van der Waals surface area (Å²) in [4.78, 5) is 22.1. The summed E-state index contributed by atoms with van der Waals surface area (Å²) in [6, 6.07) is 3.82. The second-order valence-electron chi connectivity index (χ2n) is 4.91. The Kier molecular flexibility index (Phi) is 3.34. The van der Waals surface area contributed by atoms with Crippen molar-refractivity contribution in [3.05, 3.63) is 22.7 Å². The van der Waals surface area contributed by atoms with Crippen LogP contribution in [0.4, 0.5) is 5.82 Å². The van der Waals surface area contributed by atoms with Crippen LogP contribution in [-0.4, -0.2) is 46.6 Å². The van der Waals surface area contributed by atoms with Crippen LogP contribution >= 0.6 is 0 Å². The molecule has 0 amide bonds. The van der Waals surface area contributed by atoms with E-state index in [2.05, 4.69) is 25.8 Å². The van der Waals surface area contributed by atoms with Gasteiger partial charge in [0, 0.05) is 32.2 Å². The quantitative estimate of drug-likeness (QED) is 0.807. The molecule has 6 heteroatoms. The van der Waals surface area contributed by atoms with E-state index in [1.165, 1.54) is 12.4 Å². The molecule has 6 nitrogen and oxygen atoms in total. The van der Waals surface area contributed by atoms with Crippen LogP contribution < -0.4 is 10.5 Å². The smallest absolute Gasteiger partial charge is 0.252 e. The molecule has 1 aliphatic heterocycles. The third-order valence-corrected chi connectivity index (χ3v) is 3.33. The molecule has 2 heterocycles. The summed E-state index contributed by atoms with van der Waals surface area (Å²) in [5, 5.41) is 9.10. The first-order valence-electron chi connectivity index (χ1n) is 5.99. The van der Waals surface area contributed by atoms with E-state index in [4.69, 9.17) is 5.26 Å². The lowest BCUT2D eigenvalue weighted by Crippen LogP contribution is -2.54. The number of hydrogen-bond donors (Lipinski definition) is 1. The topological polar surface area (TPSA) is 76.0 Å². The fraction of sp³-hybridized carbons (Fsp3) is 0.583. The number of H-pyrrole nitrogens is 1. The van der Waals surface area contributed by atoms with E-state index in [9.17, 15) is 4.79 Å². The molecule has 0 aliphatic carbocycles. The zero-order chi connectivity index (χ0) is 13.2. The molecule has 1 fully saturated rings. The molecule has 96 valence electrons. The normalized spacial score (nSPS) is 17.5. The summed E-state index contributed by atoms with van der Waals surface area (Å²) in [6.45, 7) is 7.01. The predicted molar refractivity (Wildman–Crippen MR) is 68.3 cm³/mol. The molecule has 1 aromatic heterocycles. The molecule has 0 saturated carbocycles. The number of nitriles is 1. The van der Waals surface area contributed by atoms with Crippen molar-refractivity contribution in [1.82, 2.24) is 14.9 Å². The van der Waals surface area contributed by atoms with Crippen molar-refractivity contribution in [2.75, 3.05) is 31.1 Å². The van der Waals surface area contributed by atoms with E-state index in [-0.39, 0.29) is 5.56 Å². The van der Waals surface area contributed by atoms with Crippen LogP contribution in [0.1, 0.15) is 13.8 Å². The molecule has 18 heavy (non-hydrogen) atoms. The second kappa shape index (κ2) is 4.78. The van der Waals surface area contributed by atoms with Gasteiger partial charge in [0.1, 0.15) is 11.4 Å². The van der Waals surface area contributed by atoms with E-state index in [0.29, 0.717) is 5.82 Å². The average molecular weight is 247 g/mol. The number of nitrogens with one attached hydrogen (secondary N) is 1. The van der Waals surface area contributed by atoms with Crippen LogP contribution in [0.15, 0.2) is 17.2 Å². The van der Waals surface area contributed by atoms with Crippen molar-refractivity contribution in [2.24, 2.45) is 0 Å². The molecule has 1 saturated heterocycles. The Morgan fingerprint density at radius 2 is 2.06 bits per heavy atom. The second-order valence-corrected chi connectivity index (χ2v) is 4.91. The number of aromatic nitrogens is 2. The molecule has 2 rings (SSSR count). The minimum absolute atomic E-state index is 0.139. The Bertz CT molecular complexity index is 508. The first-order chi connectivity index (χ1) is 8.53. The molecule has 0 radical (unpaired) electrons. The maximum Gasteiger partial charge on any atom is 0.252 e. The molecular formula is C12H17N5O. The van der Waals surface area contributed by atoms with E-state index in [1.807, 2.05) is 13.8 Å². The molecule has 0 atom stereocenters. The zero-order valence-corrected chi connectivity index (χ0v) is 10.7. The molecule has 1 N–H and O–H groups in total. The number of piperazine rings is 1. The number of nitrogens with zero attached hydrogens (tertiary/aromatic N) is 4. The minimum atomic E-state index is -0.437. The lowest BCUT2D eigenvalue weighted by Gasteiger charge is -2.40. The highest BCUT2D eigenvalue weighted by molar-refractivity contribution is 5.37. The summed E-state index contributed by atoms with van der Waals surface area (Å²) < 4.78 is 0. The molecule has 0 spiro atoms. The highest BCUT2D eigenvalue weighted by atomic mass is 16.1. The van der Waals surface area contributed by atoms with Crippen molar-refractivity contribution in [1.29, 1.82) is 5.26 Å². The van der Waals surface area contributed by atoms with Crippen LogP contribution in [0.2, 0.25) is 0 Å². The van der Waals surface area contributed by atoms with Gasteiger partial charge in [-0.2, -0.15) is 5.26 Å². The maximum absolute atomic E-state index is 11.2. The maximum atomic E-state index is 11.2. The van der Waals surface area contributed by atoms with Gasteiger partial charge in [-0.3, -0.25) is 9.69 Å². The lowest BCUT2D eigenvalue weighted by atomic mass is 10.0. The van der Waals surface area contributed by atoms with Crippen molar-refractivity contribution >= 4 is 5.82 Å². The van der Waals surface area contributed by atoms with Gasteiger partial charge < -0.3 is 9.88 Å². The lowest BCUT2D eigenvalue weighted by molar-refractivity contribution is 0.158. The summed E-state index contributed by atoms with van der Waals surface area (Å²) in [6.07, 6.45) is 1.42. The summed E-state index contributed by atoms with van der Waals surface area (Å²) in [5.41, 5.74) is -0.576. The van der Waals surface area contributed by atoms with Crippen LogP contribution in [0, 0.1) is 11.3 Å². The zero-order valence-electron chi connectivity index (χ0n) is 10.7. The van der Waals surface area contributed by atoms with Crippen LogP contribution in [-0.2, 0) is 0 Å². The van der Waals surface area contributed by atoms with Gasteiger partial charge in [0.05, 0.1) is 12.4 Å². The third kappa shape index (κ3) is 2.51. The van der Waals surface area contributed by atoms with Gasteiger partial charge in [0.15, 0.2) is 0 Å². The highest BCUT2D eigenvalue weighted by Gasteiger charge is 2.29. The van der Waals surface area contributed by atoms with Crippen LogP contribution in [0.25, 0.3) is 0 Å². The third-order valence-electron chi connectivity index (χ3n) is 3.33. The predicted octanol–water partition coefficient (Wildman–Crippen LogP) is 0.194. The van der Waals surface area contributed by atoms with Gasteiger partial charge in [-0.15, -0.1) is 0 Å². The van der Waals surface area contributed by atoms with Gasteiger partial charge in [-0.05, 0) is 13.8 Å². The van der Waals surface area contributed by atoms with E-state index < -0.39 is 5.54 Å². The largest absolute Gasteiger partial charge is 0.354 e. The Hall–Kier alpha value is -1.87. The summed E-state index contributed by atoms with van der Waals surface area (Å²) >= 11 is 0. The Labute approximate surface area is 106 Å². The fourth-order valence-electron chi connectivity index (χ4n) is 2.10. The molecule has 1 aliphatic rings. The van der Waals surface area contributed by atoms with Gasteiger partial charge in [0.2, 0.25) is 0 Å². The molecule has 1 aromatic rings. The monoisotopic (exact) mass is 247 g/mol. The van der Waals surface area contributed by atoms with Crippen molar-refractivity contribution in [2.45, 2.75) is 19.4 Å². The van der Waals surface area contributed by atoms with Crippen molar-refractivity contribution in [3.8, 4) is 6.07 Å². The van der Waals surface area contributed by atoms with Gasteiger partial charge in [-0.25, -0.2) is 4.98 Å². The van der Waals surface area contributed by atoms with Crippen LogP contribution in [0.3, 0.4) is 0 Å². The summed E-state index contributed by atoms with van der Waals surface area (Å²) in [5.74, 6) is 0.702. The van der Waals surface area contributed by atoms with Crippen LogP contribution in [0.5, 0.6) is 0 Å².